The maximum Gasteiger partial charge on any atom is 0.262 e. The standard InChI is InChI=1S/3C6H13.3C5H11.2Al/c3*1-4-5-6(2)3;3*1-4-5(2)3;;/h3*6H,2,4-5H2,1,3H3;3*5H,1,4H2,2-3H3;;. The zero-order valence-electron chi connectivity index (χ0n) is 27.2. The van der Waals surface area contributed by atoms with Crippen molar-refractivity contribution in [1.82, 2.24) is 0 Å². The predicted octanol–water partition coefficient (Wildman–Crippen LogP) is 12.4. The van der Waals surface area contributed by atoms with Crippen LogP contribution in [0.4, 0.5) is 0 Å². The Balaban J connectivity index is 0. The lowest BCUT2D eigenvalue weighted by molar-refractivity contribution is 0.528. The van der Waals surface area contributed by atoms with E-state index in [0.717, 1.165) is 35.5 Å². The van der Waals surface area contributed by atoms with Crippen LogP contribution >= 0.6 is 0 Å². The fourth-order valence-corrected chi connectivity index (χ4v) is 14.9. The van der Waals surface area contributed by atoms with Crippen molar-refractivity contribution in [2.45, 2.75) is 173 Å². The van der Waals surface area contributed by atoms with Crippen molar-refractivity contribution in [2.75, 3.05) is 0 Å². The average molecular weight is 523 g/mol. The molecule has 0 bridgehead atoms. The van der Waals surface area contributed by atoms with Crippen molar-refractivity contribution in [2.24, 2.45) is 35.5 Å². The van der Waals surface area contributed by atoms with Crippen LogP contribution in [-0.4, -0.2) is 28.3 Å². The van der Waals surface area contributed by atoms with E-state index in [4.69, 9.17) is 0 Å². The summed E-state index contributed by atoms with van der Waals surface area (Å²) < 4.78 is 0. The largest absolute Gasteiger partial charge is 0.262 e. The molecule has 3 atom stereocenters. The topological polar surface area (TPSA) is 0 Å². The molecule has 0 saturated heterocycles. The Morgan fingerprint density at radius 1 is 0.371 bits per heavy atom. The lowest BCUT2D eigenvalue weighted by Crippen LogP contribution is -2.22. The third-order valence-corrected chi connectivity index (χ3v) is 15.9. The van der Waals surface area contributed by atoms with Crippen LogP contribution in [0.5, 0.6) is 0 Å². The molecule has 0 rings (SSSR count). The van der Waals surface area contributed by atoms with Crippen molar-refractivity contribution in [1.29, 1.82) is 0 Å². The third kappa shape index (κ3) is 27.9. The van der Waals surface area contributed by atoms with Gasteiger partial charge in [0.05, 0.1) is 0 Å². The normalized spacial score (nSPS) is 14.1. The van der Waals surface area contributed by atoms with E-state index in [1.807, 2.05) is 0 Å². The first-order valence-corrected chi connectivity index (χ1v) is 21.3. The molecule has 0 aliphatic heterocycles. The van der Waals surface area contributed by atoms with Gasteiger partial charge in [-0.05, 0) is 17.8 Å². The molecule has 35 heavy (non-hydrogen) atoms. The van der Waals surface area contributed by atoms with Crippen LogP contribution < -0.4 is 0 Å². The van der Waals surface area contributed by atoms with Gasteiger partial charge in [0.25, 0.3) is 28.3 Å². The Bertz CT molecular complexity index is 356. The van der Waals surface area contributed by atoms with Gasteiger partial charge in [-0.25, -0.2) is 0 Å². The van der Waals surface area contributed by atoms with Gasteiger partial charge in [0.2, 0.25) is 0 Å². The minimum Gasteiger partial charge on any atom is -0.0936 e. The monoisotopic (exact) mass is 523 g/mol. The summed E-state index contributed by atoms with van der Waals surface area (Å²) >= 11 is -0.904. The molecule has 0 aromatic heterocycles. The molecular weight excluding hydrogens is 450 g/mol. The molecule has 0 heterocycles. The zero-order valence-corrected chi connectivity index (χ0v) is 29.5. The van der Waals surface area contributed by atoms with Gasteiger partial charge in [-0.2, -0.15) is 0 Å². The second-order valence-electron chi connectivity index (χ2n) is 14.0. The maximum absolute atomic E-state index is 2.50. The first-order chi connectivity index (χ1) is 16.4. The van der Waals surface area contributed by atoms with Crippen molar-refractivity contribution < 1.29 is 0 Å². The minimum atomic E-state index is -0.502. The number of hydrogen-bond donors (Lipinski definition) is 0. The van der Waals surface area contributed by atoms with Gasteiger partial charge in [-0.3, -0.25) is 0 Å². The quantitative estimate of drug-likeness (QED) is 0.131. The molecule has 3 unspecified atom stereocenters. The summed E-state index contributed by atoms with van der Waals surface area (Å²) in [5, 5.41) is 9.60. The van der Waals surface area contributed by atoms with Crippen molar-refractivity contribution in [3.8, 4) is 0 Å². The highest BCUT2D eigenvalue weighted by atomic mass is 27.2. The molecule has 0 aromatic carbocycles. The van der Waals surface area contributed by atoms with Gasteiger partial charge < -0.3 is 0 Å². The van der Waals surface area contributed by atoms with E-state index in [1.54, 1.807) is 31.7 Å². The molecule has 2 heteroatoms. The summed E-state index contributed by atoms with van der Waals surface area (Å²) in [5.41, 5.74) is 0. The average Bonchev–Trinajstić information content (AvgIpc) is 2.73. The van der Waals surface area contributed by atoms with Gasteiger partial charge in [0.15, 0.2) is 0 Å². The lowest BCUT2D eigenvalue weighted by atomic mass is 10.1. The van der Waals surface area contributed by atoms with E-state index < -0.39 is 28.3 Å². The summed E-state index contributed by atoms with van der Waals surface area (Å²) in [7, 11) is 0. The van der Waals surface area contributed by atoms with Crippen LogP contribution in [0, 0.1) is 35.5 Å². The van der Waals surface area contributed by atoms with Crippen molar-refractivity contribution >= 4 is 28.3 Å². The first kappa shape index (κ1) is 38.2. The smallest absolute Gasteiger partial charge is 0.0936 e. The van der Waals surface area contributed by atoms with E-state index in [2.05, 4.69) is 83.1 Å². The third-order valence-electron chi connectivity index (χ3n) is 8.01. The van der Waals surface area contributed by atoms with Crippen LogP contribution in [0.3, 0.4) is 0 Å². The lowest BCUT2D eigenvalue weighted by Gasteiger charge is -2.22. The molecule has 0 aliphatic carbocycles. The molecule has 210 valence electrons. The predicted molar refractivity (Wildman–Crippen MR) is 171 cm³/mol. The van der Waals surface area contributed by atoms with Gasteiger partial charge >= 0.3 is 0 Å². The Kier molecular flexibility index (Phi) is 27.7. The fourth-order valence-electron chi connectivity index (χ4n) is 5.97. The van der Waals surface area contributed by atoms with E-state index in [-0.39, 0.29) is 0 Å². The number of hydrogen-bond acceptors (Lipinski definition) is 0. The molecule has 0 aliphatic rings. The summed E-state index contributed by atoms with van der Waals surface area (Å²) in [5.74, 6) is 5.70. The Labute approximate surface area is 235 Å². The number of rotatable bonds is 21. The molecule has 0 nitrogen and oxygen atoms in total. The summed E-state index contributed by atoms with van der Waals surface area (Å²) in [4.78, 5) is 0. The van der Waals surface area contributed by atoms with Gasteiger partial charge in [-0.15, -0.1) is 0 Å². The Morgan fingerprint density at radius 2 is 0.629 bits per heavy atom. The second-order valence-corrected chi connectivity index (χ2v) is 20.6. The molecule has 0 amide bonds. The molecule has 0 aromatic rings. The van der Waals surface area contributed by atoms with E-state index in [9.17, 15) is 0 Å². The molecule has 0 radical (unpaired) electrons. The van der Waals surface area contributed by atoms with Crippen LogP contribution in [0.2, 0.25) is 31.7 Å². The molecule has 0 fully saturated rings. The summed E-state index contributed by atoms with van der Waals surface area (Å²) in [6.07, 6.45) is 12.9. The second kappa shape index (κ2) is 25.3. The highest BCUT2D eigenvalue weighted by Gasteiger charge is 2.24. The minimum absolute atomic E-state index is 0.402. The van der Waals surface area contributed by atoms with Crippen molar-refractivity contribution in [3.05, 3.63) is 0 Å². The van der Waals surface area contributed by atoms with Crippen LogP contribution in [0.15, 0.2) is 0 Å². The fraction of sp³-hybridized carbons (Fsp3) is 1.00. The van der Waals surface area contributed by atoms with Crippen LogP contribution in [0.1, 0.15) is 141 Å². The van der Waals surface area contributed by atoms with Crippen LogP contribution in [-0.2, 0) is 0 Å². The Hall–Kier alpha value is 1.06. The molecular formula is C33H72Al2. The highest BCUT2D eigenvalue weighted by molar-refractivity contribution is 6.59. The highest BCUT2D eigenvalue weighted by Crippen LogP contribution is 2.27. The Morgan fingerprint density at radius 3 is 0.829 bits per heavy atom. The summed E-state index contributed by atoms with van der Waals surface area (Å²) in [6, 6.07) is 0. The van der Waals surface area contributed by atoms with Crippen molar-refractivity contribution in [3.63, 3.8) is 0 Å². The zero-order chi connectivity index (χ0) is 27.2. The molecule has 0 spiro atoms. The van der Waals surface area contributed by atoms with Crippen LogP contribution in [0.25, 0.3) is 0 Å². The SMILES string of the molecule is CC(C)C[CH2][Al]([CH2]CC(C)C)[CH2]CC(C)C.CCCC(C)[CH2][Al]([CH2]C(C)CCC)[CH2]C(C)CCC. The van der Waals surface area contributed by atoms with E-state index in [1.165, 1.54) is 57.8 Å². The molecule has 0 saturated carbocycles. The summed E-state index contributed by atoms with van der Waals surface area (Å²) in [6.45, 7) is 28.7. The first-order valence-electron chi connectivity index (χ1n) is 16.4. The van der Waals surface area contributed by atoms with Gasteiger partial charge in [0.1, 0.15) is 0 Å². The van der Waals surface area contributed by atoms with Gasteiger partial charge in [-0.1, -0.05) is 190 Å². The maximum atomic E-state index is 2.50. The molecule has 0 N–H and O–H groups in total. The van der Waals surface area contributed by atoms with E-state index >= 15 is 0 Å². The van der Waals surface area contributed by atoms with Gasteiger partial charge in [0, 0.05) is 0 Å². The van der Waals surface area contributed by atoms with E-state index in [0.29, 0.717) is 0 Å².